The van der Waals surface area contributed by atoms with Gasteiger partial charge in [-0.1, -0.05) is 25.1 Å². The van der Waals surface area contributed by atoms with E-state index in [4.69, 9.17) is 4.74 Å². The Kier molecular flexibility index (Phi) is 6.91. The molecule has 0 radical (unpaired) electrons. The molecule has 0 aliphatic heterocycles. The average molecular weight is 354 g/mol. The molecule has 2 aromatic carbocycles. The molecular weight excluding hydrogens is 332 g/mol. The molecule has 0 bridgehead atoms. The van der Waals surface area contributed by atoms with Crippen LogP contribution in [0.25, 0.3) is 0 Å². The van der Waals surface area contributed by atoms with Gasteiger partial charge in [0.15, 0.2) is 12.4 Å². The largest absolute Gasteiger partial charge is 0.484 e. The molecule has 0 heterocycles. The zero-order chi connectivity index (χ0) is 18.9. The van der Waals surface area contributed by atoms with Crippen LogP contribution in [0.15, 0.2) is 48.5 Å². The van der Waals surface area contributed by atoms with Crippen LogP contribution in [0.1, 0.15) is 37.0 Å². The molecule has 0 aliphatic carbocycles. The fourth-order valence-corrected chi connectivity index (χ4v) is 2.28. The number of carbonyl (C=O) groups is 3. The predicted molar refractivity (Wildman–Crippen MR) is 101 cm³/mol. The summed E-state index contributed by atoms with van der Waals surface area (Å²) in [6.07, 6.45) is 1.22. The zero-order valence-electron chi connectivity index (χ0n) is 14.9. The SMILES string of the molecule is CCCC(=O)Nc1cccc(NC(=O)COc2cccc(C(C)=O)c2)c1. The number of benzene rings is 2. The predicted octanol–water partition coefficient (Wildman–Crippen LogP) is 3.65. The summed E-state index contributed by atoms with van der Waals surface area (Å²) in [6.45, 7) is 3.22. The average Bonchev–Trinajstić information content (AvgIpc) is 2.60. The maximum Gasteiger partial charge on any atom is 0.262 e. The van der Waals surface area contributed by atoms with Crippen molar-refractivity contribution in [3.8, 4) is 5.75 Å². The van der Waals surface area contributed by atoms with Crippen LogP contribution in [0.5, 0.6) is 5.75 Å². The Morgan fingerprint density at radius 1 is 0.923 bits per heavy atom. The van der Waals surface area contributed by atoms with E-state index in [1.54, 1.807) is 48.5 Å². The van der Waals surface area contributed by atoms with Crippen LogP contribution in [0, 0.1) is 0 Å². The molecular formula is C20H22N2O4. The number of rotatable bonds is 8. The maximum absolute atomic E-state index is 12.1. The smallest absolute Gasteiger partial charge is 0.262 e. The molecule has 2 rings (SSSR count). The van der Waals surface area contributed by atoms with Crippen molar-refractivity contribution in [1.29, 1.82) is 0 Å². The van der Waals surface area contributed by atoms with Crippen molar-refractivity contribution in [2.45, 2.75) is 26.7 Å². The van der Waals surface area contributed by atoms with Crippen molar-refractivity contribution >= 4 is 29.0 Å². The summed E-state index contributed by atoms with van der Waals surface area (Å²) in [5.74, 6) is -0.0183. The van der Waals surface area contributed by atoms with E-state index >= 15 is 0 Å². The Labute approximate surface area is 152 Å². The Morgan fingerprint density at radius 3 is 2.23 bits per heavy atom. The lowest BCUT2D eigenvalue weighted by Crippen LogP contribution is -2.20. The van der Waals surface area contributed by atoms with Crippen molar-refractivity contribution < 1.29 is 19.1 Å². The highest BCUT2D eigenvalue weighted by atomic mass is 16.5. The molecule has 136 valence electrons. The molecule has 0 unspecified atom stereocenters. The Balaban J connectivity index is 1.90. The second kappa shape index (κ2) is 9.36. The molecule has 2 N–H and O–H groups in total. The van der Waals surface area contributed by atoms with Gasteiger partial charge >= 0.3 is 0 Å². The van der Waals surface area contributed by atoms with Gasteiger partial charge in [0.2, 0.25) is 5.91 Å². The van der Waals surface area contributed by atoms with Crippen LogP contribution in [0.4, 0.5) is 11.4 Å². The second-order valence-corrected chi connectivity index (χ2v) is 5.80. The molecule has 6 nitrogen and oxygen atoms in total. The fourth-order valence-electron chi connectivity index (χ4n) is 2.28. The van der Waals surface area contributed by atoms with Crippen molar-refractivity contribution in [1.82, 2.24) is 0 Å². The minimum absolute atomic E-state index is 0.0651. The molecule has 26 heavy (non-hydrogen) atoms. The standard InChI is InChI=1S/C20H22N2O4/c1-3-6-19(24)21-16-8-5-9-17(12-16)22-20(25)13-26-18-10-4-7-15(11-18)14(2)23/h4-5,7-12H,3,6,13H2,1-2H3,(H,21,24)(H,22,25). The van der Waals surface area contributed by atoms with Gasteiger partial charge in [-0.25, -0.2) is 0 Å². The monoisotopic (exact) mass is 354 g/mol. The number of anilines is 2. The van der Waals surface area contributed by atoms with E-state index < -0.39 is 0 Å². The lowest BCUT2D eigenvalue weighted by Gasteiger charge is -2.10. The normalized spacial score (nSPS) is 10.1. The number of hydrogen-bond donors (Lipinski definition) is 2. The molecule has 0 aromatic heterocycles. The molecule has 2 aromatic rings. The van der Waals surface area contributed by atoms with E-state index in [1.807, 2.05) is 6.92 Å². The third kappa shape index (κ3) is 6.05. The van der Waals surface area contributed by atoms with Crippen molar-refractivity contribution in [3.63, 3.8) is 0 Å². The Hall–Kier alpha value is -3.15. The lowest BCUT2D eigenvalue weighted by molar-refractivity contribution is -0.118. The zero-order valence-corrected chi connectivity index (χ0v) is 14.9. The van der Waals surface area contributed by atoms with Gasteiger partial charge in [0, 0.05) is 23.4 Å². The summed E-state index contributed by atoms with van der Waals surface area (Å²) in [4.78, 5) is 35.0. The third-order valence-electron chi connectivity index (χ3n) is 3.52. The third-order valence-corrected chi connectivity index (χ3v) is 3.52. The summed E-state index contributed by atoms with van der Waals surface area (Å²) >= 11 is 0. The molecule has 0 fully saturated rings. The molecule has 6 heteroatoms. The molecule has 0 atom stereocenters. The van der Waals surface area contributed by atoms with Crippen LogP contribution in [-0.4, -0.2) is 24.2 Å². The van der Waals surface area contributed by atoms with E-state index in [9.17, 15) is 14.4 Å². The number of ketones is 1. The van der Waals surface area contributed by atoms with Crippen LogP contribution < -0.4 is 15.4 Å². The maximum atomic E-state index is 12.1. The van der Waals surface area contributed by atoms with Gasteiger partial charge in [0.1, 0.15) is 5.75 Å². The van der Waals surface area contributed by atoms with E-state index in [0.717, 1.165) is 6.42 Å². The Morgan fingerprint density at radius 2 is 1.58 bits per heavy atom. The van der Waals surface area contributed by atoms with E-state index in [-0.39, 0.29) is 24.2 Å². The quantitative estimate of drug-likeness (QED) is 0.709. The van der Waals surface area contributed by atoms with Gasteiger partial charge in [-0.2, -0.15) is 0 Å². The van der Waals surface area contributed by atoms with Gasteiger partial charge in [-0.05, 0) is 43.7 Å². The van der Waals surface area contributed by atoms with Gasteiger partial charge in [0.25, 0.3) is 5.91 Å². The number of Topliss-reactive ketones (excluding diaryl/α,β-unsaturated/α-hetero) is 1. The van der Waals surface area contributed by atoms with Crippen LogP contribution >= 0.6 is 0 Å². The van der Waals surface area contributed by atoms with Crippen LogP contribution in [-0.2, 0) is 9.59 Å². The molecule has 2 amide bonds. The van der Waals surface area contributed by atoms with Crippen LogP contribution in [0.2, 0.25) is 0 Å². The van der Waals surface area contributed by atoms with Gasteiger partial charge in [0.05, 0.1) is 0 Å². The van der Waals surface area contributed by atoms with Gasteiger partial charge < -0.3 is 15.4 Å². The fraction of sp³-hybridized carbons (Fsp3) is 0.250. The molecule has 0 aliphatic rings. The molecule has 0 saturated heterocycles. The first-order valence-electron chi connectivity index (χ1n) is 8.41. The van der Waals surface area contributed by atoms with Crippen molar-refractivity contribution in [2.75, 3.05) is 17.2 Å². The minimum Gasteiger partial charge on any atom is -0.484 e. The van der Waals surface area contributed by atoms with Crippen molar-refractivity contribution in [2.24, 2.45) is 0 Å². The highest BCUT2D eigenvalue weighted by Crippen LogP contribution is 2.16. The molecule has 0 saturated carbocycles. The number of ether oxygens (including phenoxy) is 1. The summed E-state index contributed by atoms with van der Waals surface area (Å²) < 4.78 is 5.42. The minimum atomic E-state index is -0.338. The van der Waals surface area contributed by atoms with Crippen molar-refractivity contribution in [3.05, 3.63) is 54.1 Å². The summed E-state index contributed by atoms with van der Waals surface area (Å²) in [5, 5.41) is 5.49. The first-order chi connectivity index (χ1) is 12.5. The van der Waals surface area contributed by atoms with E-state index in [2.05, 4.69) is 10.6 Å². The number of carbonyl (C=O) groups excluding carboxylic acids is 3. The molecule has 0 spiro atoms. The van der Waals surface area contributed by atoms with E-state index in [1.165, 1.54) is 6.92 Å². The summed E-state index contributed by atoms with van der Waals surface area (Å²) in [5.41, 5.74) is 1.71. The summed E-state index contributed by atoms with van der Waals surface area (Å²) in [6, 6.07) is 13.6. The highest BCUT2D eigenvalue weighted by molar-refractivity contribution is 5.95. The van der Waals surface area contributed by atoms with Gasteiger partial charge in [-0.3, -0.25) is 14.4 Å². The van der Waals surface area contributed by atoms with E-state index in [0.29, 0.717) is 29.1 Å². The van der Waals surface area contributed by atoms with Crippen LogP contribution in [0.3, 0.4) is 0 Å². The number of amides is 2. The first kappa shape index (κ1) is 19.2. The van der Waals surface area contributed by atoms with Gasteiger partial charge in [-0.15, -0.1) is 0 Å². The lowest BCUT2D eigenvalue weighted by atomic mass is 10.1. The summed E-state index contributed by atoms with van der Waals surface area (Å²) in [7, 11) is 0. The number of hydrogen-bond acceptors (Lipinski definition) is 4. The number of nitrogens with one attached hydrogen (secondary N) is 2. The highest BCUT2D eigenvalue weighted by Gasteiger charge is 2.07. The topological polar surface area (TPSA) is 84.5 Å². The Bertz CT molecular complexity index is 802. The first-order valence-corrected chi connectivity index (χ1v) is 8.41. The second-order valence-electron chi connectivity index (χ2n) is 5.80.